The molecule has 2 unspecified atom stereocenters. The minimum absolute atomic E-state index is 0.0379. The van der Waals surface area contributed by atoms with Crippen LogP contribution in [0, 0.1) is 17.2 Å². The number of aromatic nitrogens is 3. The number of nitrogens with zero attached hydrogens (tertiary/aromatic N) is 4. The van der Waals surface area contributed by atoms with Gasteiger partial charge in [0, 0.05) is 25.7 Å². The number of unbranched alkanes of at least 4 members (excludes halogenated alkanes) is 1. The SMILES string of the molecule is CCC(C(C)CCCCC(=O)CC#N)N(C)c1ncnc2[nH]ccc12. The lowest BCUT2D eigenvalue weighted by atomic mass is 9.92. The van der Waals surface area contributed by atoms with Crippen LogP contribution in [0.5, 0.6) is 0 Å². The van der Waals surface area contributed by atoms with Crippen molar-refractivity contribution < 1.29 is 4.79 Å². The number of carbonyl (C=O) groups is 1. The van der Waals surface area contributed by atoms with Crippen molar-refractivity contribution in [3.8, 4) is 6.07 Å². The zero-order valence-corrected chi connectivity index (χ0v) is 15.3. The number of aromatic amines is 1. The molecule has 0 aliphatic rings. The predicted octanol–water partition coefficient (Wildman–Crippen LogP) is 3.85. The number of carbonyl (C=O) groups excluding carboxylic acids is 1. The molecule has 0 spiro atoms. The van der Waals surface area contributed by atoms with Crippen molar-refractivity contribution in [1.29, 1.82) is 5.26 Å². The molecule has 134 valence electrons. The first-order valence-corrected chi connectivity index (χ1v) is 8.98. The first-order chi connectivity index (χ1) is 12.1. The Kier molecular flexibility index (Phi) is 6.93. The second-order valence-electron chi connectivity index (χ2n) is 6.62. The van der Waals surface area contributed by atoms with Gasteiger partial charge < -0.3 is 9.88 Å². The van der Waals surface area contributed by atoms with Gasteiger partial charge >= 0.3 is 0 Å². The molecule has 0 fully saturated rings. The molecule has 6 nitrogen and oxygen atoms in total. The zero-order chi connectivity index (χ0) is 18.2. The van der Waals surface area contributed by atoms with Gasteiger partial charge in [-0.3, -0.25) is 4.79 Å². The normalized spacial score (nSPS) is 13.4. The Morgan fingerprint density at radius 3 is 2.92 bits per heavy atom. The maximum Gasteiger partial charge on any atom is 0.146 e. The van der Waals surface area contributed by atoms with E-state index < -0.39 is 0 Å². The van der Waals surface area contributed by atoms with Crippen LogP contribution >= 0.6 is 0 Å². The molecule has 0 bridgehead atoms. The van der Waals surface area contributed by atoms with E-state index in [0.717, 1.165) is 42.5 Å². The second-order valence-corrected chi connectivity index (χ2v) is 6.62. The van der Waals surface area contributed by atoms with Gasteiger partial charge in [0.1, 0.15) is 23.6 Å². The second kappa shape index (κ2) is 9.16. The summed E-state index contributed by atoms with van der Waals surface area (Å²) >= 11 is 0. The Morgan fingerprint density at radius 1 is 1.40 bits per heavy atom. The summed E-state index contributed by atoms with van der Waals surface area (Å²) in [5, 5.41) is 9.57. The quantitative estimate of drug-likeness (QED) is 0.663. The number of hydrogen-bond donors (Lipinski definition) is 1. The monoisotopic (exact) mass is 341 g/mol. The summed E-state index contributed by atoms with van der Waals surface area (Å²) in [6.07, 6.45) is 8.00. The highest BCUT2D eigenvalue weighted by molar-refractivity contribution is 5.87. The topological polar surface area (TPSA) is 85.7 Å². The number of anilines is 1. The average molecular weight is 341 g/mol. The van der Waals surface area contributed by atoms with E-state index in [9.17, 15) is 4.79 Å². The smallest absolute Gasteiger partial charge is 0.146 e. The molecule has 6 heteroatoms. The molecule has 2 heterocycles. The lowest BCUT2D eigenvalue weighted by Gasteiger charge is -2.33. The van der Waals surface area contributed by atoms with Gasteiger partial charge in [-0.15, -0.1) is 0 Å². The van der Waals surface area contributed by atoms with Crippen LogP contribution in [-0.4, -0.2) is 33.8 Å². The maximum absolute atomic E-state index is 11.4. The van der Waals surface area contributed by atoms with Crippen molar-refractivity contribution >= 4 is 22.6 Å². The van der Waals surface area contributed by atoms with Gasteiger partial charge in [-0.1, -0.05) is 20.3 Å². The third-order valence-electron chi connectivity index (χ3n) is 4.88. The minimum atomic E-state index is 0.0379. The van der Waals surface area contributed by atoms with Gasteiger partial charge in [0.2, 0.25) is 0 Å². The lowest BCUT2D eigenvalue weighted by molar-refractivity contribution is -0.118. The molecule has 0 saturated carbocycles. The summed E-state index contributed by atoms with van der Waals surface area (Å²) in [6.45, 7) is 4.46. The van der Waals surface area contributed by atoms with E-state index in [4.69, 9.17) is 5.26 Å². The van der Waals surface area contributed by atoms with Gasteiger partial charge in [0.15, 0.2) is 0 Å². The van der Waals surface area contributed by atoms with Crippen LogP contribution in [0.15, 0.2) is 18.6 Å². The molecule has 2 aromatic rings. The van der Waals surface area contributed by atoms with Crippen molar-refractivity contribution in [3.05, 3.63) is 18.6 Å². The van der Waals surface area contributed by atoms with E-state index in [2.05, 4.69) is 40.7 Å². The Bertz CT molecular complexity index is 733. The number of Topliss-reactive ketones (excluding diaryl/α,β-unsaturated/α-hetero) is 1. The van der Waals surface area contributed by atoms with E-state index in [1.54, 1.807) is 6.33 Å². The Labute approximate surface area is 149 Å². The number of fused-ring (bicyclic) bond motifs is 1. The minimum Gasteiger partial charge on any atom is -0.356 e. The van der Waals surface area contributed by atoms with Gasteiger partial charge in [0.05, 0.1) is 17.9 Å². The Hall–Kier alpha value is -2.42. The fourth-order valence-corrected chi connectivity index (χ4v) is 3.51. The largest absolute Gasteiger partial charge is 0.356 e. The Morgan fingerprint density at radius 2 is 2.20 bits per heavy atom. The first kappa shape index (κ1) is 18.9. The van der Waals surface area contributed by atoms with Crippen molar-refractivity contribution in [3.63, 3.8) is 0 Å². The number of H-pyrrole nitrogens is 1. The molecule has 0 aliphatic heterocycles. The maximum atomic E-state index is 11.4. The summed E-state index contributed by atoms with van der Waals surface area (Å²) in [5.74, 6) is 1.49. The molecular formula is C19H27N5O. The lowest BCUT2D eigenvalue weighted by Crippen LogP contribution is -2.37. The molecule has 2 atom stereocenters. The van der Waals surface area contributed by atoms with Gasteiger partial charge in [-0.05, 0) is 31.2 Å². The number of ketones is 1. The van der Waals surface area contributed by atoms with Crippen LogP contribution < -0.4 is 4.90 Å². The van der Waals surface area contributed by atoms with E-state index in [0.29, 0.717) is 18.4 Å². The fraction of sp³-hybridized carbons (Fsp3) is 0.579. The van der Waals surface area contributed by atoms with Crippen LogP contribution in [0.3, 0.4) is 0 Å². The van der Waals surface area contributed by atoms with Gasteiger partial charge in [0.25, 0.3) is 0 Å². The number of nitrogens with one attached hydrogen (secondary N) is 1. The van der Waals surface area contributed by atoms with Crippen LogP contribution in [-0.2, 0) is 4.79 Å². The van der Waals surface area contributed by atoms with Crippen LogP contribution in [0.25, 0.3) is 11.0 Å². The van der Waals surface area contributed by atoms with Crippen LogP contribution in [0.2, 0.25) is 0 Å². The highest BCUT2D eigenvalue weighted by Crippen LogP contribution is 2.28. The predicted molar refractivity (Wildman–Crippen MR) is 99.2 cm³/mol. The highest BCUT2D eigenvalue weighted by atomic mass is 16.1. The van der Waals surface area contributed by atoms with E-state index >= 15 is 0 Å². The molecule has 1 N–H and O–H groups in total. The molecule has 0 radical (unpaired) electrons. The van der Waals surface area contributed by atoms with E-state index in [-0.39, 0.29) is 12.2 Å². The Balaban J connectivity index is 1.95. The van der Waals surface area contributed by atoms with Crippen molar-refractivity contribution in [2.24, 2.45) is 5.92 Å². The molecule has 2 aromatic heterocycles. The molecule has 0 aromatic carbocycles. The van der Waals surface area contributed by atoms with Crippen molar-refractivity contribution in [2.45, 2.75) is 58.4 Å². The number of nitriles is 1. The average Bonchev–Trinajstić information content (AvgIpc) is 3.08. The highest BCUT2D eigenvalue weighted by Gasteiger charge is 2.22. The summed E-state index contributed by atoms with van der Waals surface area (Å²) < 4.78 is 0. The molecule has 0 amide bonds. The number of hydrogen-bond acceptors (Lipinski definition) is 5. The molecule has 2 rings (SSSR count). The van der Waals surface area contributed by atoms with Gasteiger partial charge in [-0.25, -0.2) is 9.97 Å². The summed E-state index contributed by atoms with van der Waals surface area (Å²) in [4.78, 5) is 25.6. The third kappa shape index (κ3) is 4.79. The summed E-state index contributed by atoms with van der Waals surface area (Å²) in [6, 6.07) is 4.31. The molecule has 0 saturated heterocycles. The standard InChI is InChI=1S/C19H27N5O/c1-4-17(14(2)7-5-6-8-15(25)9-11-20)24(3)19-16-10-12-21-18(16)22-13-23-19/h10,12-14,17H,4-9H2,1-3H3,(H,21,22,23). The number of rotatable bonds is 10. The van der Waals surface area contributed by atoms with Gasteiger partial charge in [-0.2, -0.15) is 5.26 Å². The van der Waals surface area contributed by atoms with E-state index in [1.807, 2.05) is 18.3 Å². The summed E-state index contributed by atoms with van der Waals surface area (Å²) in [5.41, 5.74) is 0.857. The molecule has 0 aliphatic carbocycles. The van der Waals surface area contributed by atoms with Crippen molar-refractivity contribution in [1.82, 2.24) is 15.0 Å². The third-order valence-corrected chi connectivity index (χ3v) is 4.88. The van der Waals surface area contributed by atoms with E-state index in [1.165, 1.54) is 0 Å². The zero-order valence-electron chi connectivity index (χ0n) is 15.3. The fourth-order valence-electron chi connectivity index (χ4n) is 3.51. The molecular weight excluding hydrogens is 314 g/mol. The molecule has 25 heavy (non-hydrogen) atoms. The first-order valence-electron chi connectivity index (χ1n) is 8.98. The van der Waals surface area contributed by atoms with Crippen LogP contribution in [0.4, 0.5) is 5.82 Å². The summed E-state index contributed by atoms with van der Waals surface area (Å²) in [7, 11) is 2.09. The van der Waals surface area contributed by atoms with Crippen molar-refractivity contribution in [2.75, 3.05) is 11.9 Å². The van der Waals surface area contributed by atoms with Crippen LogP contribution in [0.1, 0.15) is 52.4 Å².